The minimum atomic E-state index is -4.44. The fourth-order valence-corrected chi connectivity index (χ4v) is 4.36. The smallest absolute Gasteiger partial charge is 0.355 e. The van der Waals surface area contributed by atoms with E-state index in [0.717, 1.165) is 18.6 Å². The molecule has 0 aliphatic carbocycles. The number of pyridine rings is 1. The number of amides is 3. The van der Waals surface area contributed by atoms with E-state index in [1.807, 2.05) is 4.90 Å². The lowest BCUT2D eigenvalue weighted by atomic mass is 10.2. The predicted octanol–water partition coefficient (Wildman–Crippen LogP) is 6.40. The molecule has 0 spiro atoms. The van der Waals surface area contributed by atoms with Gasteiger partial charge in [0.05, 0.1) is 28.0 Å². The molecule has 1 aliphatic rings. The van der Waals surface area contributed by atoms with Crippen molar-refractivity contribution in [1.29, 1.82) is 0 Å². The lowest BCUT2D eigenvalue weighted by Crippen LogP contribution is -2.35. The molecule has 2 heterocycles. The van der Waals surface area contributed by atoms with Gasteiger partial charge in [0.25, 0.3) is 5.91 Å². The Balaban J connectivity index is 1.32. The van der Waals surface area contributed by atoms with Crippen molar-refractivity contribution in [2.45, 2.75) is 12.6 Å². The Bertz CT molecular complexity index is 1270. The fraction of sp³-hybridized carbons (Fsp3) is 0.240. The van der Waals surface area contributed by atoms with Gasteiger partial charge >= 0.3 is 12.2 Å². The molecule has 1 aromatic heterocycles. The molecule has 3 aromatic rings. The Hall–Kier alpha value is -3.50. The summed E-state index contributed by atoms with van der Waals surface area (Å²) in [5.41, 5.74) is 0.242. The number of halogens is 5. The van der Waals surface area contributed by atoms with E-state index in [2.05, 4.69) is 15.6 Å². The zero-order chi connectivity index (χ0) is 26.6. The second-order valence-electron chi connectivity index (χ2n) is 8.32. The highest BCUT2D eigenvalue weighted by Crippen LogP contribution is 2.30. The van der Waals surface area contributed by atoms with Crippen LogP contribution in [0.5, 0.6) is 0 Å². The predicted molar refractivity (Wildman–Crippen MR) is 138 cm³/mol. The van der Waals surface area contributed by atoms with Gasteiger partial charge in [-0.3, -0.25) is 4.79 Å². The zero-order valence-electron chi connectivity index (χ0n) is 19.4. The number of nitrogens with one attached hydrogen (secondary N) is 2. The van der Waals surface area contributed by atoms with Crippen molar-refractivity contribution in [2.75, 3.05) is 41.7 Å². The molecule has 0 bridgehead atoms. The van der Waals surface area contributed by atoms with Crippen molar-refractivity contribution in [1.82, 2.24) is 9.88 Å². The first-order chi connectivity index (χ1) is 17.6. The molecule has 0 atom stereocenters. The third-order valence-electron chi connectivity index (χ3n) is 5.74. The standard InChI is InChI=1S/C25H22Cl2F3N5O2/c26-17-4-8-20(21(27)14-17)23(36)35-11-1-10-34(12-13-35)22-9-7-19(15-31-22)33-24(37)32-18-5-2-16(3-6-18)25(28,29)30/h2-9,14-15H,1,10-13H2,(H2,32,33,37). The van der Waals surface area contributed by atoms with E-state index in [-0.39, 0.29) is 11.6 Å². The number of nitrogens with zero attached hydrogens (tertiary/aromatic N) is 3. The number of rotatable bonds is 4. The van der Waals surface area contributed by atoms with Crippen LogP contribution in [0.3, 0.4) is 0 Å². The fourth-order valence-electron chi connectivity index (χ4n) is 3.87. The summed E-state index contributed by atoms with van der Waals surface area (Å²) in [5, 5.41) is 5.85. The van der Waals surface area contributed by atoms with Crippen LogP contribution in [0, 0.1) is 0 Å². The highest BCUT2D eigenvalue weighted by Gasteiger charge is 2.30. The molecule has 7 nitrogen and oxygen atoms in total. The van der Waals surface area contributed by atoms with Gasteiger partial charge in [-0.15, -0.1) is 0 Å². The molecular formula is C25H22Cl2F3N5O2. The maximum absolute atomic E-state index is 12.9. The maximum Gasteiger partial charge on any atom is 0.416 e. The molecule has 194 valence electrons. The van der Waals surface area contributed by atoms with Crippen molar-refractivity contribution >= 4 is 52.3 Å². The zero-order valence-corrected chi connectivity index (χ0v) is 20.9. The van der Waals surface area contributed by atoms with Crippen molar-refractivity contribution < 1.29 is 22.8 Å². The number of urea groups is 1. The Kier molecular flexibility index (Phi) is 8.09. The Morgan fingerprint density at radius 1 is 0.865 bits per heavy atom. The summed E-state index contributed by atoms with van der Waals surface area (Å²) in [4.78, 5) is 33.4. The van der Waals surface area contributed by atoms with Gasteiger partial charge in [0, 0.05) is 36.9 Å². The molecule has 1 saturated heterocycles. The van der Waals surface area contributed by atoms with Crippen LogP contribution in [0.15, 0.2) is 60.8 Å². The van der Waals surface area contributed by atoms with Gasteiger partial charge in [-0.25, -0.2) is 9.78 Å². The average Bonchev–Trinajstić information content (AvgIpc) is 3.10. The third kappa shape index (κ3) is 6.84. The third-order valence-corrected chi connectivity index (χ3v) is 6.29. The summed E-state index contributed by atoms with van der Waals surface area (Å²) in [6, 6.07) is 11.8. The Morgan fingerprint density at radius 3 is 2.22 bits per heavy atom. The van der Waals surface area contributed by atoms with Gasteiger partial charge < -0.3 is 20.4 Å². The normalized spacial score (nSPS) is 14.2. The summed E-state index contributed by atoms with van der Waals surface area (Å²) < 4.78 is 38.0. The number of carbonyl (C=O) groups is 2. The van der Waals surface area contributed by atoms with E-state index in [9.17, 15) is 22.8 Å². The van der Waals surface area contributed by atoms with E-state index in [0.29, 0.717) is 53.3 Å². The maximum atomic E-state index is 12.9. The average molecular weight is 552 g/mol. The van der Waals surface area contributed by atoms with Crippen molar-refractivity contribution in [2.24, 2.45) is 0 Å². The molecule has 1 aliphatic heterocycles. The number of benzene rings is 2. The van der Waals surface area contributed by atoms with Gasteiger partial charge in [0.1, 0.15) is 5.82 Å². The molecule has 0 saturated carbocycles. The van der Waals surface area contributed by atoms with Crippen LogP contribution >= 0.6 is 23.2 Å². The highest BCUT2D eigenvalue weighted by atomic mass is 35.5. The monoisotopic (exact) mass is 551 g/mol. The van der Waals surface area contributed by atoms with Crippen LogP contribution in [0.1, 0.15) is 22.3 Å². The Morgan fingerprint density at radius 2 is 1.57 bits per heavy atom. The van der Waals surface area contributed by atoms with Crippen LogP contribution in [-0.4, -0.2) is 48.0 Å². The molecule has 37 heavy (non-hydrogen) atoms. The van der Waals surface area contributed by atoms with Gasteiger partial charge in [-0.05, 0) is 61.0 Å². The van der Waals surface area contributed by atoms with E-state index in [4.69, 9.17) is 23.2 Å². The van der Waals surface area contributed by atoms with Gasteiger partial charge in [-0.1, -0.05) is 23.2 Å². The van der Waals surface area contributed by atoms with Crippen molar-refractivity contribution in [3.05, 3.63) is 82.0 Å². The van der Waals surface area contributed by atoms with Crippen molar-refractivity contribution in [3.63, 3.8) is 0 Å². The second kappa shape index (κ2) is 11.3. The van der Waals surface area contributed by atoms with Crippen LogP contribution in [0.25, 0.3) is 0 Å². The molecule has 0 unspecified atom stereocenters. The molecule has 0 radical (unpaired) electrons. The van der Waals surface area contributed by atoms with Crippen LogP contribution < -0.4 is 15.5 Å². The van der Waals surface area contributed by atoms with E-state index in [1.165, 1.54) is 18.3 Å². The summed E-state index contributed by atoms with van der Waals surface area (Å²) >= 11 is 12.1. The number of carbonyl (C=O) groups excluding carboxylic acids is 2. The summed E-state index contributed by atoms with van der Waals surface area (Å²) in [7, 11) is 0. The van der Waals surface area contributed by atoms with Gasteiger partial charge in [0.2, 0.25) is 0 Å². The quantitative estimate of drug-likeness (QED) is 0.393. The number of anilines is 3. The molecule has 12 heteroatoms. The molecule has 2 N–H and O–H groups in total. The topological polar surface area (TPSA) is 77.6 Å². The number of aromatic nitrogens is 1. The van der Waals surface area contributed by atoms with Crippen molar-refractivity contribution in [3.8, 4) is 0 Å². The number of alkyl halides is 3. The Labute approximate surface area is 221 Å². The molecule has 4 rings (SSSR count). The van der Waals surface area contributed by atoms with Crippen LogP contribution in [0.2, 0.25) is 10.0 Å². The summed E-state index contributed by atoms with van der Waals surface area (Å²) in [6.07, 6.45) is -2.23. The number of hydrogen-bond donors (Lipinski definition) is 2. The van der Waals surface area contributed by atoms with Gasteiger partial charge in [-0.2, -0.15) is 13.2 Å². The molecule has 2 aromatic carbocycles. The van der Waals surface area contributed by atoms with Gasteiger partial charge in [0.15, 0.2) is 0 Å². The van der Waals surface area contributed by atoms with E-state index < -0.39 is 17.8 Å². The minimum absolute atomic E-state index is 0.157. The van der Waals surface area contributed by atoms with E-state index >= 15 is 0 Å². The largest absolute Gasteiger partial charge is 0.416 e. The van der Waals surface area contributed by atoms with Crippen LogP contribution in [-0.2, 0) is 6.18 Å². The summed E-state index contributed by atoms with van der Waals surface area (Å²) in [5.74, 6) is 0.530. The number of hydrogen-bond acceptors (Lipinski definition) is 4. The minimum Gasteiger partial charge on any atom is -0.355 e. The molecule has 1 fully saturated rings. The second-order valence-corrected chi connectivity index (χ2v) is 9.16. The van der Waals surface area contributed by atoms with Crippen LogP contribution in [0.4, 0.5) is 35.2 Å². The first kappa shape index (κ1) is 26.6. The summed E-state index contributed by atoms with van der Waals surface area (Å²) in [6.45, 7) is 2.30. The van der Waals surface area contributed by atoms with E-state index in [1.54, 1.807) is 35.2 Å². The first-order valence-electron chi connectivity index (χ1n) is 11.3. The first-order valence-corrected chi connectivity index (χ1v) is 12.1. The SMILES string of the molecule is O=C(Nc1ccc(C(F)(F)F)cc1)Nc1ccc(N2CCCN(C(=O)c3ccc(Cl)cc3Cl)CC2)nc1. The molecule has 3 amide bonds. The molecular weight excluding hydrogens is 530 g/mol. The highest BCUT2D eigenvalue weighted by molar-refractivity contribution is 6.36. The lowest BCUT2D eigenvalue weighted by molar-refractivity contribution is -0.137. The lowest BCUT2D eigenvalue weighted by Gasteiger charge is -2.23.